The van der Waals surface area contributed by atoms with Gasteiger partial charge in [-0.05, 0) is 31.6 Å². The van der Waals surface area contributed by atoms with Gasteiger partial charge in [0.2, 0.25) is 11.8 Å². The predicted octanol–water partition coefficient (Wildman–Crippen LogP) is 3.74. The van der Waals surface area contributed by atoms with Gasteiger partial charge in [-0.25, -0.2) is 0 Å². The molecule has 158 valence electrons. The highest BCUT2D eigenvalue weighted by Crippen LogP contribution is 2.34. The lowest BCUT2D eigenvalue weighted by atomic mass is 9.76. The van der Waals surface area contributed by atoms with Crippen LogP contribution in [0.15, 0.2) is 0 Å². The minimum atomic E-state index is -0.283. The standard InChI is InChI=1S/C22H42N2O3/c1-5-6-7-8-9-13-24(15-21(26)23-18(3)16-25)22(27)19(4)17(2)14-20-11-10-12-20/h17-20,25H,5-16H2,1-4H3,(H,23,26)/t17?,18-,19?/m1/s1. The van der Waals surface area contributed by atoms with Gasteiger partial charge in [-0.2, -0.15) is 0 Å². The van der Waals surface area contributed by atoms with Crippen LogP contribution in [0, 0.1) is 17.8 Å². The SMILES string of the molecule is CCCCCCCN(CC(=O)N[C@H](C)CO)C(=O)C(C)C(C)CC1CCC1. The highest BCUT2D eigenvalue weighted by molar-refractivity contribution is 5.86. The minimum absolute atomic E-state index is 0.0516. The lowest BCUT2D eigenvalue weighted by molar-refractivity contribution is -0.140. The summed E-state index contributed by atoms with van der Waals surface area (Å²) >= 11 is 0. The molecule has 1 rings (SSSR count). The Balaban J connectivity index is 2.59. The van der Waals surface area contributed by atoms with E-state index in [0.717, 1.165) is 25.2 Å². The Bertz CT molecular complexity index is 437. The van der Waals surface area contributed by atoms with Crippen LogP contribution < -0.4 is 5.32 Å². The Hall–Kier alpha value is -1.10. The van der Waals surface area contributed by atoms with Crippen LogP contribution in [0.1, 0.15) is 85.5 Å². The number of hydrogen-bond acceptors (Lipinski definition) is 3. The highest BCUT2D eigenvalue weighted by Gasteiger charge is 2.29. The summed E-state index contributed by atoms with van der Waals surface area (Å²) in [6.07, 6.45) is 10.7. The minimum Gasteiger partial charge on any atom is -0.394 e. The molecule has 1 aliphatic rings. The fraction of sp³-hybridized carbons (Fsp3) is 0.909. The second-order valence-corrected chi connectivity index (χ2v) is 8.62. The van der Waals surface area contributed by atoms with E-state index in [1.165, 1.54) is 38.5 Å². The van der Waals surface area contributed by atoms with Crippen molar-refractivity contribution in [2.75, 3.05) is 19.7 Å². The third-order valence-electron chi connectivity index (χ3n) is 6.03. The molecular weight excluding hydrogens is 340 g/mol. The number of unbranched alkanes of at least 4 members (excludes halogenated alkanes) is 4. The summed E-state index contributed by atoms with van der Waals surface area (Å²) < 4.78 is 0. The van der Waals surface area contributed by atoms with Crippen molar-refractivity contribution < 1.29 is 14.7 Å². The Morgan fingerprint density at radius 2 is 1.78 bits per heavy atom. The van der Waals surface area contributed by atoms with Gasteiger partial charge < -0.3 is 15.3 Å². The molecule has 1 aliphatic carbocycles. The highest BCUT2D eigenvalue weighted by atomic mass is 16.3. The number of nitrogens with zero attached hydrogens (tertiary/aromatic N) is 1. The van der Waals surface area contributed by atoms with Crippen LogP contribution in [-0.4, -0.2) is 47.6 Å². The topological polar surface area (TPSA) is 69.6 Å². The van der Waals surface area contributed by atoms with E-state index in [1.54, 1.807) is 11.8 Å². The number of aliphatic hydroxyl groups is 1. The Kier molecular flexibility index (Phi) is 11.7. The number of hydrogen-bond donors (Lipinski definition) is 2. The van der Waals surface area contributed by atoms with Crippen LogP contribution in [0.3, 0.4) is 0 Å². The van der Waals surface area contributed by atoms with Crippen LogP contribution in [-0.2, 0) is 9.59 Å². The third kappa shape index (κ3) is 9.09. The number of aliphatic hydroxyl groups excluding tert-OH is 1. The molecule has 2 N–H and O–H groups in total. The summed E-state index contributed by atoms with van der Waals surface area (Å²) in [5.41, 5.74) is 0. The van der Waals surface area contributed by atoms with Gasteiger partial charge in [0.15, 0.2) is 0 Å². The molecule has 1 fully saturated rings. The summed E-state index contributed by atoms with van der Waals surface area (Å²) in [6.45, 7) is 8.79. The average molecular weight is 383 g/mol. The fourth-order valence-corrected chi connectivity index (χ4v) is 3.70. The molecule has 0 heterocycles. The zero-order valence-corrected chi connectivity index (χ0v) is 18.0. The molecule has 0 radical (unpaired) electrons. The van der Waals surface area contributed by atoms with Crippen molar-refractivity contribution in [3.63, 3.8) is 0 Å². The molecule has 2 unspecified atom stereocenters. The number of rotatable bonds is 14. The molecule has 5 heteroatoms. The van der Waals surface area contributed by atoms with Crippen LogP contribution in [0.5, 0.6) is 0 Å². The number of nitrogens with one attached hydrogen (secondary N) is 1. The quantitative estimate of drug-likeness (QED) is 0.450. The molecule has 0 saturated heterocycles. The molecule has 3 atom stereocenters. The molecule has 0 spiro atoms. The first-order valence-corrected chi connectivity index (χ1v) is 11.1. The van der Waals surface area contributed by atoms with Crippen LogP contribution >= 0.6 is 0 Å². The summed E-state index contributed by atoms with van der Waals surface area (Å²) in [5, 5.41) is 11.9. The monoisotopic (exact) mass is 382 g/mol. The van der Waals surface area contributed by atoms with Gasteiger partial charge in [-0.1, -0.05) is 65.7 Å². The second kappa shape index (κ2) is 13.1. The summed E-state index contributed by atoms with van der Waals surface area (Å²) in [4.78, 5) is 27.1. The molecule has 0 aromatic rings. The molecule has 27 heavy (non-hydrogen) atoms. The van der Waals surface area contributed by atoms with Crippen molar-refractivity contribution >= 4 is 11.8 Å². The molecule has 5 nitrogen and oxygen atoms in total. The smallest absolute Gasteiger partial charge is 0.239 e. The van der Waals surface area contributed by atoms with Gasteiger partial charge in [0.25, 0.3) is 0 Å². The van der Waals surface area contributed by atoms with Gasteiger partial charge in [-0.15, -0.1) is 0 Å². The molecule has 0 aromatic heterocycles. The first-order chi connectivity index (χ1) is 12.9. The van der Waals surface area contributed by atoms with E-state index in [1.807, 2.05) is 6.92 Å². The number of carbonyl (C=O) groups is 2. The lowest BCUT2D eigenvalue weighted by Gasteiger charge is -2.33. The zero-order valence-electron chi connectivity index (χ0n) is 18.0. The first kappa shape index (κ1) is 23.9. The van der Waals surface area contributed by atoms with Gasteiger partial charge in [-0.3, -0.25) is 9.59 Å². The summed E-state index contributed by atoms with van der Waals surface area (Å²) in [6, 6.07) is -0.283. The van der Waals surface area contributed by atoms with E-state index in [2.05, 4.69) is 19.2 Å². The van der Waals surface area contributed by atoms with Crippen molar-refractivity contribution in [1.82, 2.24) is 10.2 Å². The number of carbonyl (C=O) groups excluding carboxylic acids is 2. The average Bonchev–Trinajstić information content (AvgIpc) is 2.61. The van der Waals surface area contributed by atoms with Crippen LogP contribution in [0.4, 0.5) is 0 Å². The van der Waals surface area contributed by atoms with Gasteiger partial charge in [0, 0.05) is 18.5 Å². The molecule has 1 saturated carbocycles. The molecule has 2 amide bonds. The van der Waals surface area contributed by atoms with Crippen molar-refractivity contribution in [1.29, 1.82) is 0 Å². The van der Waals surface area contributed by atoms with E-state index in [0.29, 0.717) is 12.5 Å². The van der Waals surface area contributed by atoms with Crippen molar-refractivity contribution in [2.45, 2.75) is 91.5 Å². The van der Waals surface area contributed by atoms with E-state index < -0.39 is 0 Å². The maximum atomic E-state index is 13.1. The zero-order chi connectivity index (χ0) is 20.2. The van der Waals surface area contributed by atoms with Crippen LogP contribution in [0.2, 0.25) is 0 Å². The largest absolute Gasteiger partial charge is 0.394 e. The molecule has 0 aromatic carbocycles. The lowest BCUT2D eigenvalue weighted by Crippen LogP contribution is -2.47. The van der Waals surface area contributed by atoms with Crippen LogP contribution in [0.25, 0.3) is 0 Å². The molecule has 0 aliphatic heterocycles. The maximum Gasteiger partial charge on any atom is 0.239 e. The van der Waals surface area contributed by atoms with Crippen molar-refractivity contribution in [3.05, 3.63) is 0 Å². The van der Waals surface area contributed by atoms with E-state index in [9.17, 15) is 9.59 Å². The maximum absolute atomic E-state index is 13.1. The summed E-state index contributed by atoms with van der Waals surface area (Å²) in [5.74, 6) is 1.00. The van der Waals surface area contributed by atoms with E-state index in [4.69, 9.17) is 5.11 Å². The van der Waals surface area contributed by atoms with Gasteiger partial charge in [0.05, 0.1) is 13.2 Å². The normalized spacial score (nSPS) is 17.7. The number of amides is 2. The first-order valence-electron chi connectivity index (χ1n) is 11.1. The fourth-order valence-electron chi connectivity index (χ4n) is 3.70. The Morgan fingerprint density at radius 1 is 1.11 bits per heavy atom. The Morgan fingerprint density at radius 3 is 2.33 bits per heavy atom. The predicted molar refractivity (Wildman–Crippen MR) is 110 cm³/mol. The summed E-state index contributed by atoms with van der Waals surface area (Å²) in [7, 11) is 0. The van der Waals surface area contributed by atoms with Crippen molar-refractivity contribution in [2.24, 2.45) is 17.8 Å². The Labute approximate surface area is 166 Å². The molecular formula is C22H42N2O3. The van der Waals surface area contributed by atoms with E-state index in [-0.39, 0.29) is 36.9 Å². The molecule has 0 bridgehead atoms. The second-order valence-electron chi connectivity index (χ2n) is 8.62. The van der Waals surface area contributed by atoms with Crippen molar-refractivity contribution in [3.8, 4) is 0 Å². The van der Waals surface area contributed by atoms with Gasteiger partial charge in [0.1, 0.15) is 0 Å². The van der Waals surface area contributed by atoms with Gasteiger partial charge >= 0.3 is 0 Å². The van der Waals surface area contributed by atoms with E-state index >= 15 is 0 Å². The third-order valence-corrected chi connectivity index (χ3v) is 6.03.